The molecule has 102 valence electrons. The SMILES string of the molecule is CN(C)CCCNC(=O)c1ncccc1C#CCO. The fourth-order valence-electron chi connectivity index (χ4n) is 1.50. The van der Waals surface area contributed by atoms with Gasteiger partial charge in [0.15, 0.2) is 0 Å². The van der Waals surface area contributed by atoms with Crippen LogP contribution in [0, 0.1) is 11.8 Å². The summed E-state index contributed by atoms with van der Waals surface area (Å²) in [6.07, 6.45) is 2.43. The van der Waals surface area contributed by atoms with Crippen LogP contribution < -0.4 is 5.32 Å². The molecule has 1 aromatic heterocycles. The molecule has 0 fully saturated rings. The molecule has 5 nitrogen and oxygen atoms in total. The summed E-state index contributed by atoms with van der Waals surface area (Å²) in [7, 11) is 3.98. The predicted molar refractivity (Wildman–Crippen MR) is 73.7 cm³/mol. The van der Waals surface area contributed by atoms with Gasteiger partial charge in [0.1, 0.15) is 12.3 Å². The van der Waals surface area contributed by atoms with E-state index >= 15 is 0 Å². The zero-order chi connectivity index (χ0) is 14.1. The van der Waals surface area contributed by atoms with Crippen molar-refractivity contribution in [3.63, 3.8) is 0 Å². The first-order valence-corrected chi connectivity index (χ1v) is 6.13. The zero-order valence-electron chi connectivity index (χ0n) is 11.3. The lowest BCUT2D eigenvalue weighted by Gasteiger charge is -2.10. The second-order valence-corrected chi connectivity index (χ2v) is 4.27. The van der Waals surface area contributed by atoms with Crippen molar-refractivity contribution in [1.29, 1.82) is 0 Å². The Balaban J connectivity index is 2.61. The van der Waals surface area contributed by atoms with Gasteiger partial charge in [-0.2, -0.15) is 0 Å². The molecule has 0 aromatic carbocycles. The van der Waals surface area contributed by atoms with Crippen molar-refractivity contribution in [2.75, 3.05) is 33.8 Å². The molecule has 1 amide bonds. The number of aliphatic hydroxyl groups excluding tert-OH is 1. The zero-order valence-corrected chi connectivity index (χ0v) is 11.3. The maximum atomic E-state index is 12.0. The Morgan fingerprint density at radius 2 is 2.32 bits per heavy atom. The van der Waals surface area contributed by atoms with Crippen molar-refractivity contribution < 1.29 is 9.90 Å². The minimum atomic E-state index is -0.237. The van der Waals surface area contributed by atoms with E-state index in [-0.39, 0.29) is 12.5 Å². The highest BCUT2D eigenvalue weighted by Gasteiger charge is 2.10. The van der Waals surface area contributed by atoms with Crippen molar-refractivity contribution in [3.8, 4) is 11.8 Å². The number of carbonyl (C=O) groups excluding carboxylic acids is 1. The number of hydrogen-bond acceptors (Lipinski definition) is 4. The molecule has 0 saturated carbocycles. The van der Waals surface area contributed by atoms with Crippen LogP contribution in [0.3, 0.4) is 0 Å². The van der Waals surface area contributed by atoms with E-state index in [9.17, 15) is 4.79 Å². The van der Waals surface area contributed by atoms with Gasteiger partial charge in [-0.25, -0.2) is 4.98 Å². The molecular weight excluding hydrogens is 242 g/mol. The van der Waals surface area contributed by atoms with Crippen LogP contribution in [0.25, 0.3) is 0 Å². The lowest BCUT2D eigenvalue weighted by Crippen LogP contribution is -2.28. The fourth-order valence-corrected chi connectivity index (χ4v) is 1.50. The smallest absolute Gasteiger partial charge is 0.271 e. The average Bonchev–Trinajstić information content (AvgIpc) is 2.41. The molecule has 0 unspecified atom stereocenters. The third-order valence-electron chi connectivity index (χ3n) is 2.39. The van der Waals surface area contributed by atoms with Crippen LogP contribution in [0.1, 0.15) is 22.5 Å². The summed E-state index contributed by atoms with van der Waals surface area (Å²) in [5.41, 5.74) is 0.829. The molecular formula is C14H19N3O2. The van der Waals surface area contributed by atoms with Crippen molar-refractivity contribution in [2.24, 2.45) is 0 Å². The van der Waals surface area contributed by atoms with E-state index in [1.165, 1.54) is 0 Å². The molecule has 0 bridgehead atoms. The summed E-state index contributed by atoms with van der Waals surface area (Å²) in [6, 6.07) is 3.43. The fraction of sp³-hybridized carbons (Fsp3) is 0.429. The Morgan fingerprint density at radius 1 is 1.53 bits per heavy atom. The highest BCUT2D eigenvalue weighted by molar-refractivity contribution is 5.94. The first-order chi connectivity index (χ1) is 9.15. The summed E-state index contributed by atoms with van der Waals surface area (Å²) < 4.78 is 0. The first-order valence-electron chi connectivity index (χ1n) is 6.13. The molecule has 1 heterocycles. The number of pyridine rings is 1. The Kier molecular flexibility index (Phi) is 6.58. The molecule has 1 aromatic rings. The standard InChI is InChI=1S/C14H19N3O2/c1-17(2)10-5-9-16-14(19)13-12(7-4-11-18)6-3-8-15-13/h3,6,8,18H,5,9-11H2,1-2H3,(H,16,19). The Hall–Kier alpha value is -1.90. The summed E-state index contributed by atoms with van der Waals surface area (Å²) in [5, 5.41) is 11.5. The average molecular weight is 261 g/mol. The first kappa shape index (κ1) is 15.2. The molecule has 0 aliphatic carbocycles. The van der Waals surface area contributed by atoms with Gasteiger partial charge in [0.05, 0.1) is 5.56 Å². The molecule has 0 aliphatic rings. The van der Waals surface area contributed by atoms with Crippen LogP contribution in [0.2, 0.25) is 0 Å². The lowest BCUT2D eigenvalue weighted by molar-refractivity contribution is 0.0947. The van der Waals surface area contributed by atoms with E-state index in [1.807, 2.05) is 14.1 Å². The molecule has 0 atom stereocenters. The van der Waals surface area contributed by atoms with Gasteiger partial charge in [0.25, 0.3) is 5.91 Å². The normalized spacial score (nSPS) is 9.89. The third kappa shape index (κ3) is 5.51. The van der Waals surface area contributed by atoms with Crippen molar-refractivity contribution in [2.45, 2.75) is 6.42 Å². The van der Waals surface area contributed by atoms with Gasteiger partial charge in [-0.1, -0.05) is 11.8 Å². The number of amides is 1. The molecule has 0 radical (unpaired) electrons. The van der Waals surface area contributed by atoms with Crippen molar-refractivity contribution >= 4 is 5.91 Å². The number of carbonyl (C=O) groups is 1. The van der Waals surface area contributed by atoms with Crippen molar-refractivity contribution in [1.82, 2.24) is 15.2 Å². The van der Waals surface area contributed by atoms with Gasteiger partial charge in [0.2, 0.25) is 0 Å². The molecule has 0 aliphatic heterocycles. The molecule has 5 heteroatoms. The topological polar surface area (TPSA) is 65.5 Å². The largest absolute Gasteiger partial charge is 0.384 e. The van der Waals surface area contributed by atoms with Gasteiger partial charge in [-0.3, -0.25) is 4.79 Å². The van der Waals surface area contributed by atoms with E-state index in [4.69, 9.17) is 5.11 Å². The number of aromatic nitrogens is 1. The van der Waals surface area contributed by atoms with Crippen LogP contribution in [0.5, 0.6) is 0 Å². The Bertz CT molecular complexity index is 475. The molecule has 19 heavy (non-hydrogen) atoms. The number of rotatable bonds is 5. The number of nitrogens with one attached hydrogen (secondary N) is 1. The summed E-state index contributed by atoms with van der Waals surface area (Å²) in [6.45, 7) is 1.28. The van der Waals surface area contributed by atoms with Gasteiger partial charge < -0.3 is 15.3 Å². The van der Waals surface area contributed by atoms with Gasteiger partial charge in [-0.15, -0.1) is 0 Å². The highest BCUT2D eigenvalue weighted by atomic mass is 16.2. The van der Waals surface area contributed by atoms with E-state index in [0.29, 0.717) is 17.8 Å². The van der Waals surface area contributed by atoms with Crippen LogP contribution in [0.4, 0.5) is 0 Å². The van der Waals surface area contributed by atoms with E-state index < -0.39 is 0 Å². The van der Waals surface area contributed by atoms with E-state index in [0.717, 1.165) is 13.0 Å². The van der Waals surface area contributed by atoms with Crippen LogP contribution in [0.15, 0.2) is 18.3 Å². The quantitative estimate of drug-likeness (QED) is 0.583. The minimum absolute atomic E-state index is 0.235. The molecule has 0 saturated heterocycles. The van der Waals surface area contributed by atoms with E-state index in [1.54, 1.807) is 18.3 Å². The van der Waals surface area contributed by atoms with Gasteiger partial charge >= 0.3 is 0 Å². The lowest BCUT2D eigenvalue weighted by atomic mass is 10.2. The second-order valence-electron chi connectivity index (χ2n) is 4.27. The van der Waals surface area contributed by atoms with Crippen LogP contribution in [-0.2, 0) is 0 Å². The number of nitrogens with zero attached hydrogens (tertiary/aromatic N) is 2. The van der Waals surface area contributed by atoms with Gasteiger partial charge in [0, 0.05) is 12.7 Å². The third-order valence-corrected chi connectivity index (χ3v) is 2.39. The maximum absolute atomic E-state index is 12.0. The number of hydrogen-bond donors (Lipinski definition) is 2. The Labute approximate surface area is 113 Å². The summed E-state index contributed by atoms with van der Waals surface area (Å²) in [4.78, 5) is 18.1. The van der Waals surface area contributed by atoms with Crippen LogP contribution in [-0.4, -0.2) is 54.7 Å². The minimum Gasteiger partial charge on any atom is -0.384 e. The number of aliphatic hydroxyl groups is 1. The monoisotopic (exact) mass is 261 g/mol. The highest BCUT2D eigenvalue weighted by Crippen LogP contribution is 2.03. The van der Waals surface area contributed by atoms with Crippen molar-refractivity contribution in [3.05, 3.63) is 29.6 Å². The second kappa shape index (κ2) is 8.25. The molecule has 1 rings (SSSR count). The maximum Gasteiger partial charge on any atom is 0.271 e. The van der Waals surface area contributed by atoms with Crippen LogP contribution >= 0.6 is 0 Å². The predicted octanol–water partition coefficient (Wildman–Crippen LogP) is 0.107. The molecule has 0 spiro atoms. The van der Waals surface area contributed by atoms with Gasteiger partial charge in [-0.05, 0) is 39.2 Å². The Morgan fingerprint density at radius 3 is 3.00 bits per heavy atom. The van der Waals surface area contributed by atoms with E-state index in [2.05, 4.69) is 27.0 Å². The molecule has 2 N–H and O–H groups in total. The summed E-state index contributed by atoms with van der Waals surface area (Å²) >= 11 is 0. The summed E-state index contributed by atoms with van der Waals surface area (Å²) in [5.74, 6) is 5.01.